The Kier molecular flexibility index (Phi) is 4.70. The lowest BCUT2D eigenvalue weighted by atomic mass is 10.1. The van der Waals surface area contributed by atoms with Crippen LogP contribution in [0.3, 0.4) is 0 Å². The van der Waals surface area contributed by atoms with E-state index in [1.807, 2.05) is 25.1 Å². The molecular formula is C19H21N5. The average molecular weight is 319 g/mol. The molecule has 0 bridgehead atoms. The van der Waals surface area contributed by atoms with Crippen molar-refractivity contribution >= 4 is 17.5 Å². The van der Waals surface area contributed by atoms with Crippen molar-refractivity contribution < 1.29 is 0 Å². The molecule has 3 rings (SSSR count). The fraction of sp³-hybridized carbons (Fsp3) is 0.211. The van der Waals surface area contributed by atoms with Crippen LogP contribution in [0.4, 0.5) is 17.5 Å². The Morgan fingerprint density at radius 1 is 0.917 bits per heavy atom. The highest BCUT2D eigenvalue weighted by molar-refractivity contribution is 5.63. The van der Waals surface area contributed by atoms with Gasteiger partial charge in [-0.05, 0) is 49.6 Å². The van der Waals surface area contributed by atoms with Crippen molar-refractivity contribution in [1.29, 1.82) is 0 Å². The number of nitrogens with one attached hydrogen (secondary N) is 2. The van der Waals surface area contributed by atoms with E-state index in [1.54, 1.807) is 12.4 Å². The largest absolute Gasteiger partial charge is 0.366 e. The number of hydrogen-bond acceptors (Lipinski definition) is 5. The number of para-hydroxylation sites is 1. The minimum Gasteiger partial charge on any atom is -0.366 e. The summed E-state index contributed by atoms with van der Waals surface area (Å²) in [6, 6.07) is 12.1. The Labute approximate surface area is 142 Å². The molecule has 0 spiro atoms. The number of pyridine rings is 1. The highest BCUT2D eigenvalue weighted by Gasteiger charge is 2.07. The first-order valence-electron chi connectivity index (χ1n) is 7.93. The van der Waals surface area contributed by atoms with Crippen LogP contribution < -0.4 is 10.6 Å². The predicted octanol–water partition coefficient (Wildman–Crippen LogP) is 4.15. The van der Waals surface area contributed by atoms with Gasteiger partial charge in [0.05, 0.1) is 0 Å². The Bertz CT molecular complexity index is 810. The molecular weight excluding hydrogens is 298 g/mol. The first kappa shape index (κ1) is 15.9. The average Bonchev–Trinajstić information content (AvgIpc) is 2.57. The van der Waals surface area contributed by atoms with Gasteiger partial charge in [0, 0.05) is 36.4 Å². The fourth-order valence-electron chi connectivity index (χ4n) is 2.53. The van der Waals surface area contributed by atoms with Crippen LogP contribution in [0.25, 0.3) is 0 Å². The third kappa shape index (κ3) is 3.87. The van der Waals surface area contributed by atoms with Crippen LogP contribution in [-0.2, 0) is 6.54 Å². The zero-order valence-electron chi connectivity index (χ0n) is 14.2. The molecule has 0 atom stereocenters. The molecule has 3 aromatic rings. The summed E-state index contributed by atoms with van der Waals surface area (Å²) in [6.45, 7) is 6.82. The number of rotatable bonds is 5. The number of hydrogen-bond donors (Lipinski definition) is 2. The van der Waals surface area contributed by atoms with E-state index in [-0.39, 0.29) is 0 Å². The highest BCUT2D eigenvalue weighted by Crippen LogP contribution is 2.23. The van der Waals surface area contributed by atoms with Crippen molar-refractivity contribution in [1.82, 2.24) is 15.0 Å². The first-order valence-corrected chi connectivity index (χ1v) is 7.93. The summed E-state index contributed by atoms with van der Waals surface area (Å²) in [5, 5.41) is 6.69. The molecule has 5 heteroatoms. The Balaban J connectivity index is 1.79. The van der Waals surface area contributed by atoms with Gasteiger partial charge in [-0.3, -0.25) is 4.98 Å². The monoisotopic (exact) mass is 319 g/mol. The summed E-state index contributed by atoms with van der Waals surface area (Å²) in [5.74, 6) is 1.40. The van der Waals surface area contributed by atoms with E-state index in [0.29, 0.717) is 12.5 Å². The van der Waals surface area contributed by atoms with E-state index >= 15 is 0 Å². The highest BCUT2D eigenvalue weighted by atomic mass is 15.1. The lowest BCUT2D eigenvalue weighted by molar-refractivity contribution is 1.05. The van der Waals surface area contributed by atoms with E-state index in [2.05, 4.69) is 57.6 Å². The molecule has 2 N–H and O–H groups in total. The molecule has 0 aliphatic heterocycles. The number of nitrogens with zero attached hydrogens (tertiary/aromatic N) is 3. The van der Waals surface area contributed by atoms with Crippen LogP contribution in [0.15, 0.2) is 48.8 Å². The topological polar surface area (TPSA) is 62.7 Å². The second-order valence-corrected chi connectivity index (χ2v) is 5.82. The summed E-state index contributed by atoms with van der Waals surface area (Å²) in [5.41, 5.74) is 5.47. The minimum absolute atomic E-state index is 0.602. The van der Waals surface area contributed by atoms with Crippen molar-refractivity contribution in [2.45, 2.75) is 27.3 Å². The summed E-state index contributed by atoms with van der Waals surface area (Å²) in [4.78, 5) is 13.1. The van der Waals surface area contributed by atoms with Crippen LogP contribution in [0.1, 0.15) is 22.4 Å². The normalized spacial score (nSPS) is 10.5. The summed E-state index contributed by atoms with van der Waals surface area (Å²) < 4.78 is 0. The molecule has 1 aromatic carbocycles. The minimum atomic E-state index is 0.602. The molecule has 0 saturated carbocycles. The van der Waals surface area contributed by atoms with Gasteiger partial charge < -0.3 is 10.6 Å². The molecule has 5 nitrogen and oxygen atoms in total. The fourth-order valence-corrected chi connectivity index (χ4v) is 2.53. The van der Waals surface area contributed by atoms with Gasteiger partial charge in [0.1, 0.15) is 5.82 Å². The van der Waals surface area contributed by atoms with Crippen molar-refractivity contribution in [3.05, 3.63) is 71.2 Å². The quantitative estimate of drug-likeness (QED) is 0.739. The van der Waals surface area contributed by atoms with Gasteiger partial charge in [-0.15, -0.1) is 0 Å². The maximum atomic E-state index is 4.58. The van der Waals surface area contributed by atoms with Crippen molar-refractivity contribution in [2.24, 2.45) is 0 Å². The molecule has 0 aliphatic carbocycles. The van der Waals surface area contributed by atoms with Gasteiger partial charge in [-0.2, -0.15) is 4.98 Å². The molecule has 2 aromatic heterocycles. The molecule has 0 fully saturated rings. The number of anilines is 3. The van der Waals surface area contributed by atoms with Crippen molar-refractivity contribution in [3.63, 3.8) is 0 Å². The Morgan fingerprint density at radius 2 is 1.62 bits per heavy atom. The van der Waals surface area contributed by atoms with E-state index in [9.17, 15) is 0 Å². The van der Waals surface area contributed by atoms with Crippen LogP contribution in [-0.4, -0.2) is 15.0 Å². The van der Waals surface area contributed by atoms with Gasteiger partial charge in [0.2, 0.25) is 5.95 Å². The van der Waals surface area contributed by atoms with Crippen LogP contribution in [0.5, 0.6) is 0 Å². The molecule has 0 unspecified atom stereocenters. The summed E-state index contributed by atoms with van der Waals surface area (Å²) >= 11 is 0. The van der Waals surface area contributed by atoms with E-state index in [4.69, 9.17) is 0 Å². The second-order valence-electron chi connectivity index (χ2n) is 5.82. The van der Waals surface area contributed by atoms with Crippen LogP contribution in [0.2, 0.25) is 0 Å². The lowest BCUT2D eigenvalue weighted by Gasteiger charge is -2.13. The molecule has 24 heavy (non-hydrogen) atoms. The Hall–Kier alpha value is -2.95. The Morgan fingerprint density at radius 3 is 2.33 bits per heavy atom. The second kappa shape index (κ2) is 7.08. The van der Waals surface area contributed by atoms with Gasteiger partial charge in [0.15, 0.2) is 0 Å². The molecule has 0 amide bonds. The summed E-state index contributed by atoms with van der Waals surface area (Å²) in [7, 11) is 0. The van der Waals surface area contributed by atoms with Gasteiger partial charge in [0.25, 0.3) is 0 Å². The molecule has 0 saturated heterocycles. The maximum absolute atomic E-state index is 4.58. The van der Waals surface area contributed by atoms with Gasteiger partial charge >= 0.3 is 0 Å². The molecule has 2 heterocycles. The van der Waals surface area contributed by atoms with Gasteiger partial charge in [-0.25, -0.2) is 4.98 Å². The van der Waals surface area contributed by atoms with Crippen molar-refractivity contribution in [3.8, 4) is 0 Å². The van der Waals surface area contributed by atoms with E-state index < -0.39 is 0 Å². The smallest absolute Gasteiger partial charge is 0.229 e. The van der Waals surface area contributed by atoms with Crippen LogP contribution >= 0.6 is 0 Å². The van der Waals surface area contributed by atoms with Crippen LogP contribution in [0, 0.1) is 20.8 Å². The summed E-state index contributed by atoms with van der Waals surface area (Å²) in [6.07, 6.45) is 3.58. The zero-order valence-corrected chi connectivity index (χ0v) is 14.2. The predicted molar refractivity (Wildman–Crippen MR) is 97.5 cm³/mol. The van der Waals surface area contributed by atoms with Gasteiger partial charge in [-0.1, -0.05) is 18.2 Å². The third-order valence-corrected chi connectivity index (χ3v) is 3.80. The first-order chi connectivity index (χ1) is 11.6. The maximum Gasteiger partial charge on any atom is 0.229 e. The molecule has 0 radical (unpaired) electrons. The number of aryl methyl sites for hydroxylation is 3. The SMILES string of the molecule is Cc1cc(NCc2ccncc2)nc(Nc2c(C)cccc2C)n1. The van der Waals surface area contributed by atoms with E-state index in [0.717, 1.165) is 22.8 Å². The third-order valence-electron chi connectivity index (χ3n) is 3.80. The number of aromatic nitrogens is 3. The molecule has 122 valence electrons. The standard InChI is InChI=1S/C19H21N5/c1-13-5-4-6-14(2)18(13)24-19-22-15(3)11-17(23-19)21-12-16-7-9-20-10-8-16/h4-11H,12H2,1-3H3,(H2,21,22,23,24). The van der Waals surface area contributed by atoms with E-state index in [1.165, 1.54) is 11.1 Å². The lowest BCUT2D eigenvalue weighted by Crippen LogP contribution is -2.06. The number of benzene rings is 1. The molecule has 0 aliphatic rings. The van der Waals surface area contributed by atoms with Crippen molar-refractivity contribution in [2.75, 3.05) is 10.6 Å². The zero-order chi connectivity index (χ0) is 16.9.